The van der Waals surface area contributed by atoms with Gasteiger partial charge in [0.15, 0.2) is 0 Å². The van der Waals surface area contributed by atoms with Gasteiger partial charge in [-0.3, -0.25) is 9.74 Å². The smallest absolute Gasteiger partial charge is 0.259 e. The largest absolute Gasteiger partial charge is 0.569 e. The molecule has 1 aliphatic heterocycles. The Balaban J connectivity index is 1.74. The van der Waals surface area contributed by atoms with E-state index in [2.05, 4.69) is 39.3 Å². The number of rotatable bonds is 7. The second kappa shape index (κ2) is 8.80. The highest BCUT2D eigenvalue weighted by Gasteiger charge is 2.22. The highest BCUT2D eigenvalue weighted by Crippen LogP contribution is 2.09. The van der Waals surface area contributed by atoms with Crippen LogP contribution in [0.15, 0.2) is 17.5 Å². The molecule has 2 rings (SSSR count). The third kappa shape index (κ3) is 6.12. The molecule has 0 unspecified atom stereocenters. The summed E-state index contributed by atoms with van der Waals surface area (Å²) in [6, 6.07) is 1.96. The fourth-order valence-corrected chi connectivity index (χ4v) is 2.28. The van der Waals surface area contributed by atoms with E-state index in [1.165, 1.54) is 12.3 Å². The predicted octanol–water partition coefficient (Wildman–Crippen LogP) is 0.917. The molecule has 1 aliphatic rings. The van der Waals surface area contributed by atoms with E-state index in [1.807, 2.05) is 0 Å². The van der Waals surface area contributed by atoms with Gasteiger partial charge in [-0.1, -0.05) is 13.8 Å². The monoisotopic (exact) mass is 343 g/mol. The lowest BCUT2D eigenvalue weighted by atomic mass is 10.3. The van der Waals surface area contributed by atoms with Gasteiger partial charge in [0, 0.05) is 44.5 Å². The van der Waals surface area contributed by atoms with E-state index >= 15 is 0 Å². The minimum atomic E-state index is 0.0405. The molecule has 1 fully saturated rings. The Morgan fingerprint density at radius 1 is 1.43 bits per heavy atom. The summed E-state index contributed by atoms with van der Waals surface area (Å²) in [7, 11) is 0. The molecular weight excluding hydrogens is 322 g/mol. The minimum absolute atomic E-state index is 0.0405. The van der Waals surface area contributed by atoms with Crippen LogP contribution in [0.1, 0.15) is 13.8 Å². The zero-order chi connectivity index (χ0) is 16.7. The SMILES string of the molecule is CC(C)NCCN1CCN(/[N+]([O-])=N/Oc2ccnc(Cl)n2)CC1. The number of hydrogen-bond acceptors (Lipinski definition) is 7. The fraction of sp³-hybridized carbons (Fsp3) is 0.692. The van der Waals surface area contributed by atoms with Gasteiger partial charge in [-0.2, -0.15) is 4.98 Å². The van der Waals surface area contributed by atoms with Crippen LogP contribution in [0.5, 0.6) is 5.88 Å². The van der Waals surface area contributed by atoms with Crippen molar-refractivity contribution in [1.29, 1.82) is 0 Å². The highest BCUT2D eigenvalue weighted by atomic mass is 35.5. The van der Waals surface area contributed by atoms with Crippen molar-refractivity contribution in [2.45, 2.75) is 19.9 Å². The first-order valence-corrected chi connectivity index (χ1v) is 7.97. The summed E-state index contributed by atoms with van der Waals surface area (Å²) in [5, 5.41) is 20.4. The second-order valence-electron chi connectivity index (χ2n) is 5.49. The second-order valence-corrected chi connectivity index (χ2v) is 5.83. The van der Waals surface area contributed by atoms with E-state index in [0.29, 0.717) is 24.1 Å². The van der Waals surface area contributed by atoms with Crippen LogP contribution in [-0.2, 0) is 0 Å². The number of nitrogens with zero attached hydrogens (tertiary/aromatic N) is 6. The van der Waals surface area contributed by atoms with E-state index in [9.17, 15) is 5.21 Å². The summed E-state index contributed by atoms with van der Waals surface area (Å²) in [5.41, 5.74) is 0. The van der Waals surface area contributed by atoms with E-state index in [1.54, 1.807) is 5.01 Å². The van der Waals surface area contributed by atoms with Crippen molar-refractivity contribution >= 4 is 11.6 Å². The van der Waals surface area contributed by atoms with Gasteiger partial charge in [-0.15, -0.1) is 5.01 Å². The summed E-state index contributed by atoms with van der Waals surface area (Å²) in [5.74, 6) is 0.129. The number of hydrogen-bond donors (Lipinski definition) is 1. The van der Waals surface area contributed by atoms with Crippen LogP contribution in [0.4, 0.5) is 0 Å². The van der Waals surface area contributed by atoms with E-state index in [4.69, 9.17) is 16.4 Å². The predicted molar refractivity (Wildman–Crippen MR) is 84.9 cm³/mol. The summed E-state index contributed by atoms with van der Waals surface area (Å²) < 4.78 is 0. The van der Waals surface area contributed by atoms with Crippen molar-refractivity contribution in [2.75, 3.05) is 39.3 Å². The molecule has 0 amide bonds. The fourth-order valence-electron chi connectivity index (χ4n) is 2.14. The number of halogens is 1. The number of hydrazine groups is 1. The Kier molecular flexibility index (Phi) is 6.75. The Morgan fingerprint density at radius 2 is 2.17 bits per heavy atom. The zero-order valence-corrected chi connectivity index (χ0v) is 14.1. The minimum Gasteiger partial charge on any atom is -0.569 e. The van der Waals surface area contributed by atoms with Crippen molar-refractivity contribution in [3.63, 3.8) is 0 Å². The maximum atomic E-state index is 11.9. The summed E-state index contributed by atoms with van der Waals surface area (Å²) in [6.07, 6.45) is 1.43. The Hall–Kier alpha value is -1.71. The van der Waals surface area contributed by atoms with Crippen LogP contribution in [0.2, 0.25) is 5.28 Å². The van der Waals surface area contributed by atoms with Crippen LogP contribution >= 0.6 is 11.6 Å². The first-order valence-electron chi connectivity index (χ1n) is 7.59. The molecule has 9 nitrogen and oxygen atoms in total. The van der Waals surface area contributed by atoms with E-state index in [-0.39, 0.29) is 11.2 Å². The lowest BCUT2D eigenvalue weighted by Gasteiger charge is -2.31. The molecule has 1 saturated heterocycles. The van der Waals surface area contributed by atoms with Gasteiger partial charge >= 0.3 is 0 Å². The number of piperazine rings is 1. The lowest BCUT2D eigenvalue weighted by Crippen LogP contribution is -2.50. The molecule has 0 aliphatic carbocycles. The Labute approximate surface area is 140 Å². The van der Waals surface area contributed by atoms with Gasteiger partial charge in [0.1, 0.15) is 0 Å². The molecule has 0 spiro atoms. The normalized spacial score (nSPS) is 16.9. The van der Waals surface area contributed by atoms with Crippen molar-refractivity contribution in [3.05, 3.63) is 22.8 Å². The number of aromatic nitrogens is 2. The molecular formula is C13H22ClN7O2. The maximum Gasteiger partial charge on any atom is 0.259 e. The molecule has 0 saturated carbocycles. The van der Waals surface area contributed by atoms with Crippen molar-refractivity contribution in [1.82, 2.24) is 25.2 Å². The van der Waals surface area contributed by atoms with E-state index < -0.39 is 0 Å². The molecule has 1 aromatic heterocycles. The van der Waals surface area contributed by atoms with Gasteiger partial charge in [0.05, 0.1) is 18.1 Å². The average Bonchev–Trinajstić information content (AvgIpc) is 2.53. The highest BCUT2D eigenvalue weighted by molar-refractivity contribution is 6.28. The van der Waals surface area contributed by atoms with E-state index in [0.717, 1.165) is 26.2 Å². The van der Waals surface area contributed by atoms with Gasteiger partial charge in [0.2, 0.25) is 10.6 Å². The molecule has 1 aromatic rings. The van der Waals surface area contributed by atoms with Crippen LogP contribution in [0, 0.1) is 5.21 Å². The molecule has 2 heterocycles. The average molecular weight is 344 g/mol. The van der Waals surface area contributed by atoms with Crippen molar-refractivity contribution < 1.29 is 9.81 Å². The van der Waals surface area contributed by atoms with Crippen LogP contribution in [-0.4, -0.2) is 70.2 Å². The van der Waals surface area contributed by atoms with Gasteiger partial charge in [0.25, 0.3) is 5.88 Å². The molecule has 1 N–H and O–H groups in total. The van der Waals surface area contributed by atoms with Crippen LogP contribution in [0.25, 0.3) is 0 Å². The van der Waals surface area contributed by atoms with Crippen LogP contribution in [0.3, 0.4) is 0 Å². The molecule has 0 bridgehead atoms. The third-order valence-electron chi connectivity index (χ3n) is 3.38. The first-order chi connectivity index (χ1) is 11.0. The Morgan fingerprint density at radius 3 is 2.83 bits per heavy atom. The lowest BCUT2D eigenvalue weighted by molar-refractivity contribution is -0.709. The zero-order valence-electron chi connectivity index (χ0n) is 13.4. The first kappa shape index (κ1) is 17.6. The number of nitrogens with one attached hydrogen (secondary N) is 1. The van der Waals surface area contributed by atoms with Gasteiger partial charge in [-0.25, -0.2) is 4.98 Å². The summed E-state index contributed by atoms with van der Waals surface area (Å²) in [6.45, 7) is 8.99. The van der Waals surface area contributed by atoms with Crippen molar-refractivity contribution in [3.8, 4) is 5.88 Å². The topological polar surface area (TPSA) is 92.0 Å². The molecule has 0 radical (unpaired) electrons. The standard InChI is InChI=1S/C13H22ClN7O2/c1-11(2)15-5-6-19-7-9-20(10-8-19)21(22)18-23-12-3-4-16-13(14)17-12/h3-4,11,15H,5-10H2,1-2H3/b21-18-. The molecule has 10 heteroatoms. The third-order valence-corrected chi connectivity index (χ3v) is 3.56. The Bertz CT molecular complexity index is 521. The van der Waals surface area contributed by atoms with Gasteiger partial charge < -0.3 is 10.5 Å². The quantitative estimate of drug-likeness (QED) is 0.340. The molecule has 23 heavy (non-hydrogen) atoms. The van der Waals surface area contributed by atoms with Crippen LogP contribution < -0.4 is 10.2 Å². The summed E-state index contributed by atoms with van der Waals surface area (Å²) in [4.78, 5) is 15.2. The van der Waals surface area contributed by atoms with Crippen molar-refractivity contribution in [2.24, 2.45) is 5.28 Å². The maximum absolute atomic E-state index is 11.9. The molecule has 0 aromatic carbocycles. The molecule has 128 valence electrons. The molecule has 0 atom stereocenters. The van der Waals surface area contributed by atoms with Gasteiger partial charge in [-0.05, 0) is 11.6 Å². The summed E-state index contributed by atoms with van der Waals surface area (Å²) >= 11 is 5.63.